The van der Waals surface area contributed by atoms with Crippen LogP contribution in [0.3, 0.4) is 0 Å². The van der Waals surface area contributed by atoms with Gasteiger partial charge in [-0.3, -0.25) is 28.7 Å². The van der Waals surface area contributed by atoms with Crippen LogP contribution in [0, 0.1) is 11.3 Å². The summed E-state index contributed by atoms with van der Waals surface area (Å²) >= 11 is 1.17. The highest BCUT2D eigenvalue weighted by Crippen LogP contribution is 2.45. The summed E-state index contributed by atoms with van der Waals surface area (Å²) in [5.74, 6) is -1.50. The van der Waals surface area contributed by atoms with E-state index in [4.69, 9.17) is 5.73 Å². The molecule has 0 aliphatic heterocycles. The van der Waals surface area contributed by atoms with E-state index in [2.05, 4.69) is 26.0 Å². The second-order valence-electron chi connectivity index (χ2n) is 15.9. The van der Waals surface area contributed by atoms with Crippen LogP contribution in [-0.2, 0) is 34.9 Å². The van der Waals surface area contributed by atoms with E-state index in [-0.39, 0.29) is 48.5 Å². The van der Waals surface area contributed by atoms with E-state index in [0.717, 1.165) is 28.9 Å². The van der Waals surface area contributed by atoms with Crippen molar-refractivity contribution in [3.8, 4) is 0 Å². The highest BCUT2D eigenvalue weighted by molar-refractivity contribution is 7.98. The number of amides is 5. The van der Waals surface area contributed by atoms with Crippen LogP contribution >= 0.6 is 11.9 Å². The number of hydrogen-bond acceptors (Lipinski definition) is 8. The molecule has 53 heavy (non-hydrogen) atoms. The lowest BCUT2D eigenvalue weighted by atomic mass is 9.76. The lowest BCUT2D eigenvalue weighted by molar-refractivity contribution is -0.139. The van der Waals surface area contributed by atoms with E-state index in [0.29, 0.717) is 5.57 Å². The van der Waals surface area contributed by atoms with Gasteiger partial charge in [-0.05, 0) is 73.4 Å². The zero-order valence-corrected chi connectivity index (χ0v) is 33.7. The van der Waals surface area contributed by atoms with Gasteiger partial charge in [0.1, 0.15) is 6.04 Å². The predicted molar refractivity (Wildman–Crippen MR) is 210 cm³/mol. The summed E-state index contributed by atoms with van der Waals surface area (Å²) in [5.41, 5.74) is 6.64. The van der Waals surface area contributed by atoms with Crippen molar-refractivity contribution in [2.75, 3.05) is 27.2 Å². The van der Waals surface area contributed by atoms with Crippen LogP contribution in [-0.4, -0.2) is 79.7 Å². The third-order valence-electron chi connectivity index (χ3n) is 9.84. The van der Waals surface area contributed by atoms with Gasteiger partial charge in [0.15, 0.2) is 0 Å². The normalized spacial score (nSPS) is 15.8. The monoisotopic (exact) mass is 749 g/mol. The second-order valence-corrected chi connectivity index (χ2v) is 16.8. The molecule has 3 atom stereocenters. The topological polar surface area (TPSA) is 175 Å². The number of nitrogens with two attached hydrogens (primary N) is 1. The van der Waals surface area contributed by atoms with Crippen molar-refractivity contribution in [2.45, 2.75) is 102 Å². The maximum absolute atomic E-state index is 13.7. The van der Waals surface area contributed by atoms with Gasteiger partial charge in [-0.15, -0.1) is 0 Å². The van der Waals surface area contributed by atoms with Gasteiger partial charge >= 0.3 is 0 Å². The number of benzene rings is 2. The molecule has 0 spiro atoms. The summed E-state index contributed by atoms with van der Waals surface area (Å²) < 4.78 is 2.84. The minimum atomic E-state index is -0.805. The Morgan fingerprint density at radius 1 is 0.925 bits per heavy atom. The van der Waals surface area contributed by atoms with Crippen molar-refractivity contribution in [1.82, 2.24) is 30.9 Å². The molecule has 5 amide bonds. The lowest BCUT2D eigenvalue weighted by Crippen LogP contribution is -2.60. The van der Waals surface area contributed by atoms with Gasteiger partial charge in [0.05, 0.1) is 24.2 Å². The molecule has 0 radical (unpaired) electrons. The lowest BCUT2D eigenvalue weighted by Gasteiger charge is -2.38. The molecule has 0 aromatic heterocycles. The van der Waals surface area contributed by atoms with Crippen molar-refractivity contribution in [3.05, 3.63) is 77.4 Å². The first-order chi connectivity index (χ1) is 24.7. The summed E-state index contributed by atoms with van der Waals surface area (Å²) in [6, 6.07) is 15.3. The molecular weight excluding hydrogens is 691 g/mol. The third-order valence-corrected chi connectivity index (χ3v) is 10.6. The van der Waals surface area contributed by atoms with Crippen LogP contribution < -0.4 is 31.7 Å². The van der Waals surface area contributed by atoms with Gasteiger partial charge in [-0.2, -0.15) is 0 Å². The van der Waals surface area contributed by atoms with Crippen LogP contribution in [0.4, 0.5) is 0 Å². The van der Waals surface area contributed by atoms with Gasteiger partial charge in [0, 0.05) is 29.5 Å². The molecule has 3 unspecified atom stereocenters. The first-order valence-corrected chi connectivity index (χ1v) is 18.9. The fraction of sp³-hybridized carbons (Fsp3) is 0.525. The van der Waals surface area contributed by atoms with Crippen molar-refractivity contribution in [2.24, 2.45) is 17.1 Å². The molecule has 3 rings (SSSR count). The van der Waals surface area contributed by atoms with Gasteiger partial charge in [-0.25, -0.2) is 0 Å². The molecule has 2 aromatic carbocycles. The van der Waals surface area contributed by atoms with Crippen LogP contribution in [0.25, 0.3) is 0 Å². The minimum absolute atomic E-state index is 0.0315. The Hall–Kier alpha value is -4.20. The molecule has 290 valence electrons. The Kier molecular flexibility index (Phi) is 14.9. The summed E-state index contributed by atoms with van der Waals surface area (Å²) in [4.78, 5) is 67.4. The number of nitrogens with zero attached hydrogens (tertiary/aromatic N) is 1. The maximum Gasteiger partial charge on any atom is 0.256 e. The Bertz CT molecular complexity index is 1630. The summed E-state index contributed by atoms with van der Waals surface area (Å²) in [6.07, 6.45) is 3.26. The number of carbonyl (C=O) groups is 5. The zero-order chi connectivity index (χ0) is 39.7. The van der Waals surface area contributed by atoms with Crippen LogP contribution in [0.2, 0.25) is 0 Å². The molecule has 0 heterocycles. The van der Waals surface area contributed by atoms with E-state index < -0.39 is 34.5 Å². The van der Waals surface area contributed by atoms with Crippen molar-refractivity contribution >= 4 is 41.5 Å². The van der Waals surface area contributed by atoms with Crippen LogP contribution in [0.1, 0.15) is 79.4 Å². The summed E-state index contributed by atoms with van der Waals surface area (Å²) in [7, 11) is 3.40. The number of likely N-dealkylation sites (N-methyl/N-ethyl adjacent to an activating group) is 2. The molecule has 1 aliphatic rings. The fourth-order valence-electron chi connectivity index (χ4n) is 5.94. The number of hydrogen-bond donors (Lipinski definition) is 6. The first kappa shape index (κ1) is 43.2. The maximum atomic E-state index is 13.7. The third kappa shape index (κ3) is 11.6. The Balaban J connectivity index is 1.54. The van der Waals surface area contributed by atoms with Gasteiger partial charge in [-0.1, -0.05) is 97.0 Å². The highest BCUT2D eigenvalue weighted by atomic mass is 32.2. The molecule has 12 nitrogen and oxygen atoms in total. The van der Waals surface area contributed by atoms with Crippen molar-refractivity contribution < 1.29 is 24.0 Å². The first-order valence-electron chi connectivity index (χ1n) is 18.1. The predicted octanol–water partition coefficient (Wildman–Crippen LogP) is 3.52. The Morgan fingerprint density at radius 2 is 1.53 bits per heavy atom. The summed E-state index contributed by atoms with van der Waals surface area (Å²) in [6.45, 7) is 15.1. The standard InChI is InChI=1S/C40H59N7O5S/c1-25(2)31(41)35(50)43-24-30(48)45-40(21-22-40)28-16-18-29(19-17-28)53-46-34(49)26(3)20-23-47(10)37(52)33(38(4,5)6)44-36(51)32(42-9)39(7,8)27-14-12-11-13-15-27/h11-20,25,31-33,42H,21-24,41H2,1-10H3,(H,43,50)(H,44,51)(H,45,48)(H,46,49)/b26-20+. The van der Waals surface area contributed by atoms with Crippen LogP contribution in [0.5, 0.6) is 0 Å². The molecule has 13 heteroatoms. The molecule has 2 aromatic rings. The van der Waals surface area contributed by atoms with Gasteiger partial charge in [0.25, 0.3) is 5.91 Å². The number of rotatable bonds is 17. The second kappa shape index (κ2) is 18.2. The Morgan fingerprint density at radius 3 is 2.06 bits per heavy atom. The SMILES string of the molecule is CNC(C(=O)NC(C(=O)N(C)C/C=C(\C)C(=O)NSc1ccc(C2(NC(=O)CNC(=O)C(N)C(C)C)CC2)cc1)C(C)(C)C)C(C)(C)c1ccccc1. The van der Waals surface area contributed by atoms with E-state index in [1.54, 1.807) is 27.1 Å². The smallest absolute Gasteiger partial charge is 0.256 e. The average molecular weight is 750 g/mol. The van der Waals surface area contributed by atoms with Crippen LogP contribution in [0.15, 0.2) is 71.1 Å². The molecule has 0 saturated heterocycles. The van der Waals surface area contributed by atoms with E-state index in [1.165, 1.54) is 16.8 Å². The highest BCUT2D eigenvalue weighted by Gasteiger charge is 2.45. The number of nitrogens with one attached hydrogen (secondary N) is 5. The minimum Gasteiger partial charge on any atom is -0.346 e. The van der Waals surface area contributed by atoms with Gasteiger partial charge < -0.3 is 31.9 Å². The van der Waals surface area contributed by atoms with Crippen molar-refractivity contribution in [1.29, 1.82) is 0 Å². The number of carbonyl (C=O) groups excluding carboxylic acids is 5. The largest absolute Gasteiger partial charge is 0.346 e. The molecule has 1 saturated carbocycles. The zero-order valence-electron chi connectivity index (χ0n) is 32.9. The van der Waals surface area contributed by atoms with Gasteiger partial charge in [0.2, 0.25) is 23.6 Å². The molecule has 1 fully saturated rings. The molecule has 1 aliphatic carbocycles. The Labute approximate surface area is 319 Å². The average Bonchev–Trinajstić information content (AvgIpc) is 3.90. The quantitative estimate of drug-likeness (QED) is 0.105. The van der Waals surface area contributed by atoms with E-state index in [9.17, 15) is 24.0 Å². The molecule has 0 bridgehead atoms. The fourth-order valence-corrected chi connectivity index (χ4v) is 6.59. The van der Waals surface area contributed by atoms with E-state index in [1.807, 2.05) is 103 Å². The summed E-state index contributed by atoms with van der Waals surface area (Å²) in [5, 5.41) is 11.8. The molecule has 7 N–H and O–H groups in total. The van der Waals surface area contributed by atoms with Crippen molar-refractivity contribution in [3.63, 3.8) is 0 Å². The molecular formula is C40H59N7O5S. The van der Waals surface area contributed by atoms with E-state index >= 15 is 0 Å².